The van der Waals surface area contributed by atoms with Gasteiger partial charge in [0.05, 0.1) is 17.3 Å². The van der Waals surface area contributed by atoms with E-state index < -0.39 is 21.2 Å². The maximum absolute atomic E-state index is 12.9. The van der Waals surface area contributed by atoms with Crippen molar-refractivity contribution in [3.05, 3.63) is 0 Å². The van der Waals surface area contributed by atoms with Crippen molar-refractivity contribution in [2.24, 2.45) is 11.8 Å². The van der Waals surface area contributed by atoms with E-state index in [2.05, 4.69) is 4.72 Å². The van der Waals surface area contributed by atoms with Crippen LogP contribution >= 0.6 is 0 Å². The Morgan fingerprint density at radius 2 is 1.77 bits per heavy atom. The van der Waals surface area contributed by atoms with Gasteiger partial charge in [0, 0.05) is 32.3 Å². The first-order chi connectivity index (χ1) is 14.1. The average molecular weight is 442 g/mol. The Morgan fingerprint density at radius 3 is 2.37 bits per heavy atom. The highest BCUT2D eigenvalue weighted by atomic mass is 32.2. The van der Waals surface area contributed by atoms with Gasteiger partial charge in [-0.15, -0.1) is 0 Å². The Bertz CT molecular complexity index is 788. The first-order valence-electron chi connectivity index (χ1n) is 11.3. The maximum Gasteiger partial charge on any atom is 0.326 e. The van der Waals surface area contributed by atoms with Crippen LogP contribution in [-0.2, 0) is 19.6 Å². The summed E-state index contributed by atoms with van der Waals surface area (Å²) in [6.45, 7) is 2.57. The molecule has 1 heterocycles. The highest BCUT2D eigenvalue weighted by Gasteiger charge is 2.51. The number of rotatable bonds is 6. The van der Waals surface area contributed by atoms with Gasteiger partial charge in [-0.1, -0.05) is 0 Å². The van der Waals surface area contributed by atoms with E-state index in [1.54, 1.807) is 7.11 Å². The lowest BCUT2D eigenvalue weighted by Crippen LogP contribution is -2.63. The molecule has 1 saturated heterocycles. The number of amides is 3. The summed E-state index contributed by atoms with van der Waals surface area (Å²) in [6.07, 6.45) is 7.38. The quantitative estimate of drug-likeness (QED) is 0.681. The fourth-order valence-corrected chi connectivity index (χ4v) is 7.44. The van der Waals surface area contributed by atoms with Gasteiger partial charge in [-0.05, 0) is 70.6 Å². The van der Waals surface area contributed by atoms with E-state index in [0.717, 1.165) is 38.5 Å². The second-order valence-corrected chi connectivity index (χ2v) is 12.0. The van der Waals surface area contributed by atoms with Crippen LogP contribution in [0.4, 0.5) is 4.79 Å². The molecule has 3 unspecified atom stereocenters. The molecule has 0 bridgehead atoms. The molecule has 4 aliphatic rings. The molecule has 4 fully saturated rings. The van der Waals surface area contributed by atoms with Gasteiger partial charge in [0.1, 0.15) is 0 Å². The molecule has 3 aliphatic carbocycles. The number of sulfonamides is 1. The number of fused-ring (bicyclic) bond motifs is 1. The van der Waals surface area contributed by atoms with Crippen LogP contribution in [0.15, 0.2) is 0 Å². The monoisotopic (exact) mass is 441 g/mol. The third-order valence-electron chi connectivity index (χ3n) is 7.76. The van der Waals surface area contributed by atoms with Crippen LogP contribution in [0.1, 0.15) is 64.7 Å². The summed E-state index contributed by atoms with van der Waals surface area (Å²) in [5, 5.41) is -0.569. The van der Waals surface area contributed by atoms with Gasteiger partial charge in [-0.3, -0.25) is 9.69 Å². The smallest absolute Gasteiger partial charge is 0.326 e. The number of imide groups is 1. The first-order valence-corrected chi connectivity index (χ1v) is 12.8. The Labute approximate surface area is 179 Å². The van der Waals surface area contributed by atoms with E-state index >= 15 is 0 Å². The van der Waals surface area contributed by atoms with Crippen LogP contribution < -0.4 is 4.72 Å². The van der Waals surface area contributed by atoms with Crippen LogP contribution in [0.3, 0.4) is 0 Å². The number of carbonyl (C=O) groups excluding carboxylic acids is 2. The number of hydrogen-bond donors (Lipinski definition) is 1. The fraction of sp³-hybridized carbons (Fsp3) is 0.905. The van der Waals surface area contributed by atoms with Crippen LogP contribution in [0, 0.1) is 11.8 Å². The van der Waals surface area contributed by atoms with Crippen LogP contribution in [0.2, 0.25) is 0 Å². The van der Waals surface area contributed by atoms with Gasteiger partial charge in [-0.25, -0.2) is 17.9 Å². The van der Waals surface area contributed by atoms with Crippen molar-refractivity contribution >= 4 is 22.0 Å². The predicted octanol–water partition coefficient (Wildman–Crippen LogP) is 2.09. The zero-order chi connectivity index (χ0) is 21.7. The molecule has 3 saturated carbocycles. The van der Waals surface area contributed by atoms with Crippen molar-refractivity contribution in [1.29, 1.82) is 0 Å². The number of carbonyl (C=O) groups is 2. The van der Waals surface area contributed by atoms with E-state index in [-0.39, 0.29) is 23.5 Å². The van der Waals surface area contributed by atoms with Gasteiger partial charge in [0.2, 0.25) is 15.9 Å². The number of hydrogen-bond acceptors (Lipinski definition) is 5. The molecule has 1 N–H and O–H groups in total. The van der Waals surface area contributed by atoms with Gasteiger partial charge < -0.3 is 9.64 Å². The van der Waals surface area contributed by atoms with Crippen molar-refractivity contribution in [3.63, 3.8) is 0 Å². The molecule has 3 atom stereocenters. The molecule has 1 aliphatic heterocycles. The number of nitrogens with zero attached hydrogens (tertiary/aromatic N) is 2. The van der Waals surface area contributed by atoms with Gasteiger partial charge in [0.15, 0.2) is 0 Å². The summed E-state index contributed by atoms with van der Waals surface area (Å²) in [7, 11) is -0.205. The number of methoxy groups -OCH3 is 1. The van der Waals surface area contributed by atoms with E-state index in [1.807, 2.05) is 11.8 Å². The third kappa shape index (κ3) is 4.25. The second kappa shape index (κ2) is 8.06. The van der Waals surface area contributed by atoms with Crippen molar-refractivity contribution in [3.8, 4) is 0 Å². The summed E-state index contributed by atoms with van der Waals surface area (Å²) in [5.74, 6) is -0.271. The maximum atomic E-state index is 12.9. The number of nitrogens with one attached hydrogen (secondary N) is 1. The Kier molecular flexibility index (Phi) is 5.91. The highest BCUT2D eigenvalue weighted by molar-refractivity contribution is 7.90. The topological polar surface area (TPSA) is 96.0 Å². The Morgan fingerprint density at radius 1 is 1.10 bits per heavy atom. The van der Waals surface area contributed by atoms with Crippen molar-refractivity contribution < 1.29 is 22.7 Å². The fourth-order valence-electron chi connectivity index (χ4n) is 5.47. The van der Waals surface area contributed by atoms with Crippen molar-refractivity contribution in [2.45, 2.75) is 87.6 Å². The summed E-state index contributed by atoms with van der Waals surface area (Å²) >= 11 is 0. The Hall–Kier alpha value is -1.19. The van der Waals surface area contributed by atoms with Gasteiger partial charge >= 0.3 is 6.03 Å². The minimum absolute atomic E-state index is 0.190. The van der Waals surface area contributed by atoms with Crippen LogP contribution in [-0.4, -0.2) is 73.8 Å². The molecule has 30 heavy (non-hydrogen) atoms. The molecular weight excluding hydrogens is 406 g/mol. The summed E-state index contributed by atoms with van der Waals surface area (Å²) in [6, 6.07) is -0.427. The zero-order valence-corrected chi connectivity index (χ0v) is 19.1. The number of urea groups is 1. The lowest BCUT2D eigenvalue weighted by molar-refractivity contribution is -0.139. The highest BCUT2D eigenvalue weighted by Crippen LogP contribution is 2.40. The van der Waals surface area contributed by atoms with E-state index in [4.69, 9.17) is 4.74 Å². The molecule has 9 heteroatoms. The largest absolute Gasteiger partial charge is 0.381 e. The van der Waals surface area contributed by atoms with E-state index in [9.17, 15) is 18.0 Å². The molecule has 8 nitrogen and oxygen atoms in total. The minimum Gasteiger partial charge on any atom is -0.381 e. The Balaban J connectivity index is 1.46. The van der Waals surface area contributed by atoms with Crippen molar-refractivity contribution in [1.82, 2.24) is 14.5 Å². The van der Waals surface area contributed by atoms with Gasteiger partial charge in [0.25, 0.3) is 0 Å². The second-order valence-electron chi connectivity index (χ2n) is 10.0. The van der Waals surface area contributed by atoms with Crippen LogP contribution in [0.5, 0.6) is 0 Å². The summed E-state index contributed by atoms with van der Waals surface area (Å²) < 4.78 is 34.1. The molecule has 0 spiro atoms. The molecule has 0 aromatic rings. The molecule has 4 rings (SSSR count). The van der Waals surface area contributed by atoms with Crippen LogP contribution in [0.25, 0.3) is 0 Å². The van der Waals surface area contributed by atoms with Gasteiger partial charge in [-0.2, -0.15) is 0 Å². The zero-order valence-electron chi connectivity index (χ0n) is 18.3. The number of ether oxygens (including phenoxy) is 1. The van der Waals surface area contributed by atoms with E-state index in [1.165, 1.54) is 11.9 Å². The summed E-state index contributed by atoms with van der Waals surface area (Å²) in [5.41, 5.74) is -0.313. The standard InChI is InChI=1S/C21H35N3O5S/c1-21(10-11-21)22-30(27,28)16-8-9-18-17(12-16)19(25)23(2)20(26)24(18)13-14-4-6-15(29-3)7-5-14/h14-18,22H,4-13H2,1-3H3. The third-order valence-corrected chi connectivity index (χ3v) is 9.84. The average Bonchev–Trinajstić information content (AvgIpc) is 3.45. The minimum atomic E-state index is -3.48. The lowest BCUT2D eigenvalue weighted by atomic mass is 9.79. The SMILES string of the molecule is COC1CCC(CN2C(=O)N(C)C(=O)C3CC(S(=O)(=O)NC4(C)CC4)CCC32)CC1. The molecule has 170 valence electrons. The molecule has 0 aromatic heterocycles. The predicted molar refractivity (Wildman–Crippen MR) is 112 cm³/mol. The normalized spacial score (nSPS) is 36.6. The molecule has 0 radical (unpaired) electrons. The summed E-state index contributed by atoms with van der Waals surface area (Å²) in [4.78, 5) is 28.9. The lowest BCUT2D eigenvalue weighted by Gasteiger charge is -2.48. The van der Waals surface area contributed by atoms with Crippen molar-refractivity contribution in [2.75, 3.05) is 20.7 Å². The van der Waals surface area contributed by atoms with E-state index in [0.29, 0.717) is 37.8 Å². The first kappa shape index (κ1) is 22.0. The molecule has 3 amide bonds. The molecular formula is C21H35N3O5S. The molecule has 0 aromatic carbocycles.